The van der Waals surface area contributed by atoms with E-state index in [1.165, 1.54) is 16.8 Å². The number of anilines is 2. The number of hydrogen-bond acceptors (Lipinski definition) is 4. The number of benzene rings is 2. The van der Waals surface area contributed by atoms with Gasteiger partial charge in [0.1, 0.15) is 11.5 Å². The molecule has 0 radical (unpaired) electrons. The number of aromatic nitrogens is 4. The molecule has 1 aliphatic heterocycles. The molecular weight excluding hydrogens is 382 g/mol. The zero-order valence-corrected chi connectivity index (χ0v) is 17.0. The summed E-state index contributed by atoms with van der Waals surface area (Å²) in [5.41, 5.74) is 7.46. The van der Waals surface area contributed by atoms with Crippen molar-refractivity contribution in [3.63, 3.8) is 0 Å². The maximum atomic E-state index is 5.00. The van der Waals surface area contributed by atoms with Gasteiger partial charge in [0.05, 0.1) is 11.2 Å². The standard InChI is InChI=1S/C26H21N5/c1-2-8-18(9-3-1)28-24-14-6-12-22(29-24)26-25(23-13-7-17-31(23)30-26)20-15-16-27-21-11-5-4-10-19(20)21/h1-6,8-12,14-16H,7,13,17H2,(H,28,29). The van der Waals surface area contributed by atoms with Gasteiger partial charge in [-0.05, 0) is 54.8 Å². The van der Waals surface area contributed by atoms with Gasteiger partial charge < -0.3 is 5.32 Å². The summed E-state index contributed by atoms with van der Waals surface area (Å²) in [5.74, 6) is 0.808. The monoisotopic (exact) mass is 403 g/mol. The number of nitrogens with one attached hydrogen (secondary N) is 1. The van der Waals surface area contributed by atoms with Crippen molar-refractivity contribution in [1.29, 1.82) is 0 Å². The second-order valence-electron chi connectivity index (χ2n) is 7.77. The highest BCUT2D eigenvalue weighted by Gasteiger charge is 2.25. The molecule has 0 bridgehead atoms. The summed E-state index contributed by atoms with van der Waals surface area (Å²) in [6.07, 6.45) is 4.05. The molecule has 0 fully saturated rings. The summed E-state index contributed by atoms with van der Waals surface area (Å²) in [6, 6.07) is 26.6. The number of pyridine rings is 2. The molecule has 2 aromatic carbocycles. The van der Waals surface area contributed by atoms with Gasteiger partial charge in [-0.1, -0.05) is 42.5 Å². The Labute approximate surface area is 180 Å². The van der Waals surface area contributed by atoms with Crippen LogP contribution >= 0.6 is 0 Å². The number of para-hydroxylation sites is 2. The van der Waals surface area contributed by atoms with Crippen molar-refractivity contribution < 1.29 is 0 Å². The SMILES string of the molecule is c1ccc(Nc2cccc(-c3nn4c(c3-c3ccnc5ccccc35)CCC4)n2)cc1. The molecule has 4 heterocycles. The summed E-state index contributed by atoms with van der Waals surface area (Å²) in [4.78, 5) is 9.47. The van der Waals surface area contributed by atoms with E-state index in [9.17, 15) is 0 Å². The van der Waals surface area contributed by atoms with E-state index >= 15 is 0 Å². The molecule has 6 rings (SSSR count). The van der Waals surface area contributed by atoms with E-state index in [2.05, 4.69) is 39.2 Å². The summed E-state index contributed by atoms with van der Waals surface area (Å²) in [6.45, 7) is 0.952. The van der Waals surface area contributed by atoms with Crippen LogP contribution in [0.1, 0.15) is 12.1 Å². The van der Waals surface area contributed by atoms with Gasteiger partial charge in [0.25, 0.3) is 0 Å². The van der Waals surface area contributed by atoms with Gasteiger partial charge in [0.15, 0.2) is 0 Å². The van der Waals surface area contributed by atoms with E-state index in [-0.39, 0.29) is 0 Å². The van der Waals surface area contributed by atoms with Crippen molar-refractivity contribution in [2.45, 2.75) is 19.4 Å². The smallest absolute Gasteiger partial charge is 0.131 e. The Kier molecular flexibility index (Phi) is 4.24. The van der Waals surface area contributed by atoms with Crippen molar-refractivity contribution in [2.75, 3.05) is 5.32 Å². The van der Waals surface area contributed by atoms with Crippen molar-refractivity contribution in [3.05, 3.63) is 90.8 Å². The first kappa shape index (κ1) is 17.8. The van der Waals surface area contributed by atoms with Gasteiger partial charge in [-0.15, -0.1) is 0 Å². The van der Waals surface area contributed by atoms with Gasteiger partial charge in [-0.3, -0.25) is 9.67 Å². The average molecular weight is 403 g/mol. The minimum absolute atomic E-state index is 0.808. The van der Waals surface area contributed by atoms with Crippen molar-refractivity contribution in [1.82, 2.24) is 19.7 Å². The molecular formula is C26H21N5. The summed E-state index contributed by atoms with van der Waals surface area (Å²) in [5, 5.41) is 9.54. The van der Waals surface area contributed by atoms with Crippen LogP contribution in [0.4, 0.5) is 11.5 Å². The quantitative estimate of drug-likeness (QED) is 0.409. The molecule has 5 aromatic rings. The molecule has 1 N–H and O–H groups in total. The van der Waals surface area contributed by atoms with Crippen molar-refractivity contribution >= 4 is 22.4 Å². The largest absolute Gasteiger partial charge is 0.340 e. The Bertz CT molecular complexity index is 1380. The highest BCUT2D eigenvalue weighted by molar-refractivity contribution is 5.98. The Morgan fingerprint density at radius 3 is 2.65 bits per heavy atom. The van der Waals surface area contributed by atoms with Gasteiger partial charge in [-0.25, -0.2) is 4.98 Å². The normalized spacial score (nSPS) is 12.8. The molecule has 0 spiro atoms. The predicted molar refractivity (Wildman–Crippen MR) is 124 cm³/mol. The Hall–Kier alpha value is -3.99. The zero-order valence-electron chi connectivity index (χ0n) is 17.0. The lowest BCUT2D eigenvalue weighted by atomic mass is 9.97. The number of aryl methyl sites for hydroxylation is 1. The molecule has 0 aliphatic carbocycles. The van der Waals surface area contributed by atoms with Crippen LogP contribution in [0.3, 0.4) is 0 Å². The van der Waals surface area contributed by atoms with Crippen LogP contribution in [0.5, 0.6) is 0 Å². The molecule has 5 heteroatoms. The van der Waals surface area contributed by atoms with Gasteiger partial charge in [-0.2, -0.15) is 5.10 Å². The highest BCUT2D eigenvalue weighted by atomic mass is 15.3. The van der Waals surface area contributed by atoms with E-state index in [1.54, 1.807) is 0 Å². The topological polar surface area (TPSA) is 55.6 Å². The summed E-state index contributed by atoms with van der Waals surface area (Å²) in [7, 11) is 0. The van der Waals surface area contributed by atoms with Crippen molar-refractivity contribution in [2.24, 2.45) is 0 Å². The Morgan fingerprint density at radius 1 is 0.839 bits per heavy atom. The van der Waals surface area contributed by atoms with Crippen molar-refractivity contribution in [3.8, 4) is 22.5 Å². The van der Waals surface area contributed by atoms with Crippen LogP contribution in [0.15, 0.2) is 85.1 Å². The lowest BCUT2D eigenvalue weighted by Crippen LogP contribution is -1.97. The third-order valence-corrected chi connectivity index (χ3v) is 5.80. The Morgan fingerprint density at radius 2 is 1.71 bits per heavy atom. The zero-order chi connectivity index (χ0) is 20.6. The lowest BCUT2D eigenvalue weighted by molar-refractivity contribution is 0.658. The first-order chi connectivity index (χ1) is 15.4. The number of rotatable bonds is 4. The van der Waals surface area contributed by atoms with E-state index in [1.807, 2.05) is 60.8 Å². The van der Waals surface area contributed by atoms with E-state index in [0.29, 0.717) is 0 Å². The van der Waals surface area contributed by atoms with E-state index < -0.39 is 0 Å². The van der Waals surface area contributed by atoms with Gasteiger partial charge in [0, 0.05) is 35.1 Å². The number of hydrogen-bond donors (Lipinski definition) is 1. The van der Waals surface area contributed by atoms with Crippen LogP contribution in [0.2, 0.25) is 0 Å². The Balaban J connectivity index is 1.51. The molecule has 150 valence electrons. The highest BCUT2D eigenvalue weighted by Crippen LogP contribution is 2.39. The molecule has 31 heavy (non-hydrogen) atoms. The van der Waals surface area contributed by atoms with Crippen LogP contribution in [0, 0.1) is 0 Å². The maximum absolute atomic E-state index is 5.00. The summed E-state index contributed by atoms with van der Waals surface area (Å²) < 4.78 is 2.15. The molecule has 0 saturated carbocycles. The maximum Gasteiger partial charge on any atom is 0.131 e. The molecule has 3 aromatic heterocycles. The minimum Gasteiger partial charge on any atom is -0.340 e. The first-order valence-corrected chi connectivity index (χ1v) is 10.6. The van der Waals surface area contributed by atoms with Crippen LogP contribution in [0.25, 0.3) is 33.4 Å². The predicted octanol–water partition coefficient (Wildman–Crippen LogP) is 5.85. The average Bonchev–Trinajstić information content (AvgIpc) is 3.41. The van der Waals surface area contributed by atoms with Gasteiger partial charge >= 0.3 is 0 Å². The van der Waals surface area contributed by atoms with Crippen LogP contribution < -0.4 is 5.32 Å². The number of fused-ring (bicyclic) bond motifs is 2. The third kappa shape index (κ3) is 3.15. The fourth-order valence-electron chi connectivity index (χ4n) is 4.41. The van der Waals surface area contributed by atoms with Crippen LogP contribution in [-0.4, -0.2) is 19.7 Å². The molecule has 0 saturated heterocycles. The molecule has 0 amide bonds. The third-order valence-electron chi connectivity index (χ3n) is 5.80. The fourth-order valence-corrected chi connectivity index (χ4v) is 4.41. The second kappa shape index (κ2) is 7.36. The van der Waals surface area contributed by atoms with E-state index in [4.69, 9.17) is 10.1 Å². The number of nitrogens with zero attached hydrogens (tertiary/aromatic N) is 4. The fraction of sp³-hybridized carbons (Fsp3) is 0.115. The second-order valence-corrected chi connectivity index (χ2v) is 7.77. The first-order valence-electron chi connectivity index (χ1n) is 10.6. The minimum atomic E-state index is 0.808. The molecule has 0 unspecified atom stereocenters. The summed E-state index contributed by atoms with van der Waals surface area (Å²) >= 11 is 0. The molecule has 0 atom stereocenters. The molecule has 5 nitrogen and oxygen atoms in total. The van der Waals surface area contributed by atoms with E-state index in [0.717, 1.165) is 53.2 Å². The van der Waals surface area contributed by atoms with Crippen LogP contribution in [-0.2, 0) is 13.0 Å². The van der Waals surface area contributed by atoms with Gasteiger partial charge in [0.2, 0.25) is 0 Å². The lowest BCUT2D eigenvalue weighted by Gasteiger charge is -2.10. The molecule has 1 aliphatic rings.